The minimum atomic E-state index is -0.0263. The number of rotatable bonds is 4. The molecule has 0 saturated carbocycles. The summed E-state index contributed by atoms with van der Waals surface area (Å²) in [6.45, 7) is 4.99. The van der Waals surface area contributed by atoms with Crippen LogP contribution >= 0.6 is 11.3 Å². The molecule has 2 heterocycles. The van der Waals surface area contributed by atoms with E-state index < -0.39 is 0 Å². The van der Waals surface area contributed by atoms with Crippen LogP contribution in [0.5, 0.6) is 0 Å². The molecule has 0 radical (unpaired) electrons. The third-order valence-electron chi connectivity index (χ3n) is 4.15. The van der Waals surface area contributed by atoms with Gasteiger partial charge in [-0.05, 0) is 44.4 Å². The van der Waals surface area contributed by atoms with Gasteiger partial charge < -0.3 is 10.6 Å². The lowest BCUT2D eigenvalue weighted by Crippen LogP contribution is -2.41. The van der Waals surface area contributed by atoms with Crippen LogP contribution in [0.1, 0.15) is 37.1 Å². The molecule has 3 rings (SSSR count). The molecule has 1 amide bonds. The minimum absolute atomic E-state index is 0.0199. The van der Waals surface area contributed by atoms with E-state index in [1.54, 1.807) is 11.3 Å². The quantitative estimate of drug-likeness (QED) is 0.912. The van der Waals surface area contributed by atoms with Gasteiger partial charge >= 0.3 is 0 Å². The second-order valence-corrected chi connectivity index (χ2v) is 6.62. The normalized spacial score (nSPS) is 19.1. The van der Waals surface area contributed by atoms with E-state index >= 15 is 0 Å². The maximum Gasteiger partial charge on any atom is 0.237 e. The van der Waals surface area contributed by atoms with E-state index in [4.69, 9.17) is 0 Å². The Bertz CT molecular complexity index is 644. The average molecular weight is 315 g/mol. The Morgan fingerprint density at radius 3 is 2.77 bits per heavy atom. The minimum Gasteiger partial charge on any atom is -0.348 e. The maximum atomic E-state index is 12.1. The molecular formula is C17H21N3OS. The average Bonchev–Trinajstić information content (AvgIpc) is 3.18. The van der Waals surface area contributed by atoms with Crippen molar-refractivity contribution in [3.8, 4) is 10.4 Å². The van der Waals surface area contributed by atoms with E-state index in [2.05, 4.69) is 39.9 Å². The predicted molar refractivity (Wildman–Crippen MR) is 89.9 cm³/mol. The van der Waals surface area contributed by atoms with Gasteiger partial charge in [0, 0.05) is 0 Å². The largest absolute Gasteiger partial charge is 0.348 e. The van der Waals surface area contributed by atoms with Gasteiger partial charge in [0.15, 0.2) is 0 Å². The molecule has 1 aliphatic heterocycles. The van der Waals surface area contributed by atoms with Gasteiger partial charge in [0.25, 0.3) is 0 Å². The number of nitrogens with one attached hydrogen (secondary N) is 2. The molecule has 1 aliphatic rings. The summed E-state index contributed by atoms with van der Waals surface area (Å²) in [5, 5.41) is 6.32. The standard InChI is InChI=1S/C17H21N3OS/c1-11(20-17(21)15-4-3-9-18-15)13-5-7-14(8-6-13)16-12(2)19-10-22-16/h5-8,10-11,15,18H,3-4,9H2,1-2H3,(H,20,21)/t11-,15?/m1/s1. The summed E-state index contributed by atoms with van der Waals surface area (Å²) in [6.07, 6.45) is 2.01. The predicted octanol–water partition coefficient (Wildman–Crippen LogP) is 3.05. The number of aromatic nitrogens is 1. The molecule has 1 aromatic heterocycles. The first-order valence-electron chi connectivity index (χ1n) is 7.69. The van der Waals surface area contributed by atoms with Crippen LogP contribution in [-0.4, -0.2) is 23.5 Å². The lowest BCUT2D eigenvalue weighted by atomic mass is 10.0. The van der Waals surface area contributed by atoms with Crippen LogP contribution in [0, 0.1) is 6.92 Å². The van der Waals surface area contributed by atoms with Crippen molar-refractivity contribution in [3.63, 3.8) is 0 Å². The summed E-state index contributed by atoms with van der Waals surface area (Å²) in [5.74, 6) is 0.104. The Morgan fingerprint density at radius 2 is 2.18 bits per heavy atom. The van der Waals surface area contributed by atoms with Crippen molar-refractivity contribution in [2.75, 3.05) is 6.54 Å². The first-order valence-corrected chi connectivity index (χ1v) is 8.57. The zero-order chi connectivity index (χ0) is 15.5. The molecule has 1 saturated heterocycles. The highest BCUT2D eigenvalue weighted by molar-refractivity contribution is 7.13. The van der Waals surface area contributed by atoms with Crippen LogP contribution in [0.3, 0.4) is 0 Å². The molecule has 0 spiro atoms. The number of hydrogen-bond acceptors (Lipinski definition) is 4. The summed E-state index contributed by atoms with van der Waals surface area (Å²) in [7, 11) is 0. The molecule has 5 heteroatoms. The van der Waals surface area contributed by atoms with E-state index in [0.717, 1.165) is 30.6 Å². The van der Waals surface area contributed by atoms with Crippen molar-refractivity contribution in [1.82, 2.24) is 15.6 Å². The zero-order valence-corrected chi connectivity index (χ0v) is 13.7. The number of aryl methyl sites for hydroxylation is 1. The third-order valence-corrected chi connectivity index (χ3v) is 5.13. The summed E-state index contributed by atoms with van der Waals surface area (Å²) in [6, 6.07) is 8.37. The lowest BCUT2D eigenvalue weighted by Gasteiger charge is -2.18. The number of amides is 1. The topological polar surface area (TPSA) is 54.0 Å². The van der Waals surface area contributed by atoms with Gasteiger partial charge in [-0.1, -0.05) is 24.3 Å². The monoisotopic (exact) mass is 315 g/mol. The summed E-state index contributed by atoms with van der Waals surface area (Å²) in [4.78, 5) is 17.6. The van der Waals surface area contributed by atoms with Crippen LogP contribution in [0.15, 0.2) is 29.8 Å². The molecule has 1 aromatic carbocycles. The maximum absolute atomic E-state index is 12.1. The van der Waals surface area contributed by atoms with Gasteiger partial charge in [-0.3, -0.25) is 4.79 Å². The van der Waals surface area contributed by atoms with E-state index in [-0.39, 0.29) is 18.0 Å². The Morgan fingerprint density at radius 1 is 1.41 bits per heavy atom. The van der Waals surface area contributed by atoms with Crippen molar-refractivity contribution in [1.29, 1.82) is 0 Å². The molecule has 2 atom stereocenters. The van der Waals surface area contributed by atoms with Crippen molar-refractivity contribution in [3.05, 3.63) is 41.0 Å². The fraction of sp³-hybridized carbons (Fsp3) is 0.412. The van der Waals surface area contributed by atoms with E-state index in [1.165, 1.54) is 10.4 Å². The van der Waals surface area contributed by atoms with Crippen molar-refractivity contribution in [2.24, 2.45) is 0 Å². The van der Waals surface area contributed by atoms with Gasteiger partial charge in [0.05, 0.1) is 28.2 Å². The van der Waals surface area contributed by atoms with Gasteiger partial charge in [-0.2, -0.15) is 0 Å². The van der Waals surface area contributed by atoms with Gasteiger partial charge in [0.1, 0.15) is 0 Å². The van der Waals surface area contributed by atoms with Crippen molar-refractivity contribution < 1.29 is 4.79 Å². The van der Waals surface area contributed by atoms with Crippen molar-refractivity contribution >= 4 is 17.2 Å². The number of benzene rings is 1. The molecule has 2 N–H and O–H groups in total. The zero-order valence-electron chi connectivity index (χ0n) is 12.9. The molecule has 0 bridgehead atoms. The highest BCUT2D eigenvalue weighted by atomic mass is 32.1. The number of hydrogen-bond donors (Lipinski definition) is 2. The van der Waals surface area contributed by atoms with Gasteiger partial charge in [-0.15, -0.1) is 11.3 Å². The molecule has 1 fully saturated rings. The van der Waals surface area contributed by atoms with Crippen LogP contribution in [0.4, 0.5) is 0 Å². The molecule has 4 nitrogen and oxygen atoms in total. The van der Waals surface area contributed by atoms with Gasteiger partial charge in [-0.25, -0.2) is 4.98 Å². The fourth-order valence-electron chi connectivity index (χ4n) is 2.81. The van der Waals surface area contributed by atoms with E-state index in [0.29, 0.717) is 0 Å². The second-order valence-electron chi connectivity index (χ2n) is 5.77. The Hall–Kier alpha value is -1.72. The summed E-state index contributed by atoms with van der Waals surface area (Å²) >= 11 is 1.66. The number of thiazole rings is 1. The Kier molecular flexibility index (Phi) is 4.55. The number of nitrogens with zero attached hydrogens (tertiary/aromatic N) is 1. The van der Waals surface area contributed by atoms with E-state index in [1.807, 2.05) is 19.4 Å². The molecule has 116 valence electrons. The third kappa shape index (κ3) is 3.20. The first-order chi connectivity index (χ1) is 10.6. The van der Waals surface area contributed by atoms with Crippen LogP contribution < -0.4 is 10.6 Å². The molecule has 22 heavy (non-hydrogen) atoms. The highest BCUT2D eigenvalue weighted by Crippen LogP contribution is 2.28. The summed E-state index contributed by atoms with van der Waals surface area (Å²) in [5.41, 5.74) is 5.24. The van der Waals surface area contributed by atoms with Crippen LogP contribution in [-0.2, 0) is 4.79 Å². The highest BCUT2D eigenvalue weighted by Gasteiger charge is 2.23. The van der Waals surface area contributed by atoms with Crippen molar-refractivity contribution in [2.45, 2.75) is 38.8 Å². The second kappa shape index (κ2) is 6.58. The van der Waals surface area contributed by atoms with Gasteiger partial charge in [0.2, 0.25) is 5.91 Å². The molecule has 0 aliphatic carbocycles. The Labute approximate surface area is 135 Å². The molecule has 2 aromatic rings. The van der Waals surface area contributed by atoms with Crippen LogP contribution in [0.2, 0.25) is 0 Å². The smallest absolute Gasteiger partial charge is 0.237 e. The number of carbonyl (C=O) groups excluding carboxylic acids is 1. The Balaban J connectivity index is 1.67. The SMILES string of the molecule is Cc1ncsc1-c1ccc([C@@H](C)NC(=O)C2CCCN2)cc1. The molecule has 1 unspecified atom stereocenters. The lowest BCUT2D eigenvalue weighted by molar-refractivity contribution is -0.123. The fourth-order valence-corrected chi connectivity index (χ4v) is 3.62. The van der Waals surface area contributed by atoms with E-state index in [9.17, 15) is 4.79 Å². The van der Waals surface area contributed by atoms with Crippen LogP contribution in [0.25, 0.3) is 10.4 Å². The first kappa shape index (κ1) is 15.2. The summed E-state index contributed by atoms with van der Waals surface area (Å²) < 4.78 is 0. The number of carbonyl (C=O) groups is 1. The molecular weight excluding hydrogens is 294 g/mol.